The minimum atomic E-state index is -3.37. The maximum absolute atomic E-state index is 12.3. The summed E-state index contributed by atoms with van der Waals surface area (Å²) in [5.74, 6) is 0.217. The molecule has 0 aromatic heterocycles. The maximum atomic E-state index is 12.3. The van der Waals surface area contributed by atoms with Crippen molar-refractivity contribution in [2.24, 2.45) is 4.99 Å². The van der Waals surface area contributed by atoms with Crippen LogP contribution < -0.4 is 10.6 Å². The number of sulfone groups is 1. The van der Waals surface area contributed by atoms with Crippen LogP contribution in [0.15, 0.2) is 38.6 Å². The number of rotatable bonds is 7. The second-order valence-electron chi connectivity index (χ2n) is 5.18. The molecule has 2 N–H and O–H groups in total. The largest absolute Gasteiger partial charge is 0.357 e. The molecule has 0 aliphatic carbocycles. The van der Waals surface area contributed by atoms with Crippen molar-refractivity contribution in [3.8, 4) is 0 Å². The Morgan fingerprint density at radius 1 is 1.20 bits per heavy atom. The Bertz CT molecular complexity index is 679. The van der Waals surface area contributed by atoms with E-state index in [1.54, 1.807) is 38.4 Å². The highest BCUT2D eigenvalue weighted by molar-refractivity contribution is 14.0. The maximum Gasteiger partial charge on any atom is 0.243 e. The van der Waals surface area contributed by atoms with E-state index in [2.05, 4.69) is 31.6 Å². The first-order chi connectivity index (χ1) is 11.3. The van der Waals surface area contributed by atoms with E-state index in [0.29, 0.717) is 12.5 Å². The quantitative estimate of drug-likeness (QED) is 0.307. The molecule has 0 bridgehead atoms. The van der Waals surface area contributed by atoms with Crippen molar-refractivity contribution in [1.82, 2.24) is 15.5 Å². The molecule has 1 aromatic carbocycles. The molecule has 0 aliphatic heterocycles. The van der Waals surface area contributed by atoms with Gasteiger partial charge in [0.15, 0.2) is 15.8 Å². The molecule has 1 aromatic rings. The number of hydrogen-bond donors (Lipinski definition) is 2. The number of carbonyl (C=O) groups is 1. The van der Waals surface area contributed by atoms with Crippen LogP contribution in [0.5, 0.6) is 0 Å². The molecule has 1 rings (SSSR count). The van der Waals surface area contributed by atoms with E-state index in [1.807, 2.05) is 6.92 Å². The first-order valence-electron chi connectivity index (χ1n) is 7.47. The van der Waals surface area contributed by atoms with Gasteiger partial charge < -0.3 is 15.5 Å². The van der Waals surface area contributed by atoms with Gasteiger partial charge in [0.2, 0.25) is 5.91 Å². The number of aliphatic imine (C=N–C) groups is 1. The zero-order valence-electron chi connectivity index (χ0n) is 14.5. The summed E-state index contributed by atoms with van der Waals surface area (Å²) in [7, 11) is -0.0621. The highest BCUT2D eigenvalue weighted by Crippen LogP contribution is 2.15. The molecule has 0 unspecified atom stereocenters. The van der Waals surface area contributed by atoms with Crippen molar-refractivity contribution in [3.05, 3.63) is 28.7 Å². The lowest BCUT2D eigenvalue weighted by Crippen LogP contribution is -2.40. The predicted molar refractivity (Wildman–Crippen MR) is 114 cm³/mol. The SMILES string of the molecule is CCNC(=NCC(=O)N(C)C)NCCS(=O)(=O)c1ccc(Br)cc1.I. The Morgan fingerprint density at radius 2 is 1.80 bits per heavy atom. The number of benzene rings is 1. The number of nitrogens with zero attached hydrogens (tertiary/aromatic N) is 2. The van der Waals surface area contributed by atoms with Gasteiger partial charge in [-0.3, -0.25) is 4.79 Å². The second kappa shape index (κ2) is 11.7. The third-order valence-corrected chi connectivity index (χ3v) is 5.31. The number of halogens is 2. The number of amides is 1. The molecule has 0 radical (unpaired) electrons. The van der Waals surface area contributed by atoms with E-state index >= 15 is 0 Å². The van der Waals surface area contributed by atoms with Gasteiger partial charge >= 0.3 is 0 Å². The van der Waals surface area contributed by atoms with Crippen molar-refractivity contribution >= 4 is 61.6 Å². The van der Waals surface area contributed by atoms with Crippen LogP contribution in [0, 0.1) is 0 Å². The molecular formula is C15H24BrIN4O3S. The molecule has 0 spiro atoms. The molecular weight excluding hydrogens is 523 g/mol. The van der Waals surface area contributed by atoms with E-state index in [0.717, 1.165) is 4.47 Å². The van der Waals surface area contributed by atoms with Crippen molar-refractivity contribution in [2.45, 2.75) is 11.8 Å². The fourth-order valence-electron chi connectivity index (χ4n) is 1.69. The molecule has 0 saturated heterocycles. The van der Waals surface area contributed by atoms with E-state index in [-0.39, 0.29) is 53.6 Å². The van der Waals surface area contributed by atoms with E-state index in [4.69, 9.17) is 0 Å². The Kier molecular flexibility index (Phi) is 11.3. The lowest BCUT2D eigenvalue weighted by Gasteiger charge is -2.13. The molecule has 0 fully saturated rings. The van der Waals surface area contributed by atoms with Gasteiger partial charge in [-0.2, -0.15) is 0 Å². The summed E-state index contributed by atoms with van der Waals surface area (Å²) < 4.78 is 25.3. The van der Waals surface area contributed by atoms with Gasteiger partial charge in [0, 0.05) is 31.7 Å². The molecule has 0 aliphatic rings. The van der Waals surface area contributed by atoms with E-state index < -0.39 is 9.84 Å². The van der Waals surface area contributed by atoms with Gasteiger partial charge in [-0.25, -0.2) is 13.4 Å². The van der Waals surface area contributed by atoms with Crippen LogP contribution in [0.2, 0.25) is 0 Å². The first kappa shape index (κ1) is 24.1. The average Bonchev–Trinajstić information content (AvgIpc) is 2.52. The minimum absolute atomic E-state index is 0. The van der Waals surface area contributed by atoms with Crippen LogP contribution in [-0.2, 0) is 14.6 Å². The summed E-state index contributed by atoms with van der Waals surface area (Å²) >= 11 is 3.28. The lowest BCUT2D eigenvalue weighted by atomic mass is 10.4. The van der Waals surface area contributed by atoms with Crippen molar-refractivity contribution < 1.29 is 13.2 Å². The summed E-state index contributed by atoms with van der Waals surface area (Å²) in [5, 5.41) is 5.91. The Morgan fingerprint density at radius 3 is 2.32 bits per heavy atom. The molecule has 10 heteroatoms. The highest BCUT2D eigenvalue weighted by atomic mass is 127. The third kappa shape index (κ3) is 8.86. The zero-order valence-corrected chi connectivity index (χ0v) is 19.2. The average molecular weight is 547 g/mol. The van der Waals surface area contributed by atoms with Gasteiger partial charge in [-0.15, -0.1) is 24.0 Å². The van der Waals surface area contributed by atoms with Crippen LogP contribution in [-0.4, -0.2) is 64.7 Å². The normalized spacial score (nSPS) is 11.4. The van der Waals surface area contributed by atoms with Gasteiger partial charge in [-0.05, 0) is 31.2 Å². The number of carbonyl (C=O) groups excluding carboxylic acids is 1. The molecule has 0 saturated carbocycles. The number of hydrogen-bond acceptors (Lipinski definition) is 4. The van der Waals surface area contributed by atoms with Crippen molar-refractivity contribution in [2.75, 3.05) is 39.5 Å². The topological polar surface area (TPSA) is 90.9 Å². The van der Waals surface area contributed by atoms with Gasteiger partial charge in [0.25, 0.3) is 0 Å². The van der Waals surface area contributed by atoms with Crippen molar-refractivity contribution in [3.63, 3.8) is 0 Å². The summed E-state index contributed by atoms with van der Waals surface area (Å²) in [5.41, 5.74) is 0. The Balaban J connectivity index is 0.00000576. The third-order valence-electron chi connectivity index (χ3n) is 3.05. The summed E-state index contributed by atoms with van der Waals surface area (Å²) in [6, 6.07) is 6.51. The molecule has 0 heterocycles. The standard InChI is InChI=1S/C15H23BrN4O3S.HI/c1-4-17-15(19-11-14(21)20(2)3)18-9-10-24(22,23)13-7-5-12(16)6-8-13;/h5-8H,4,9-11H2,1-3H3,(H2,17,18,19);1H. The van der Waals surface area contributed by atoms with Crippen LogP contribution in [0.4, 0.5) is 0 Å². The summed E-state index contributed by atoms with van der Waals surface area (Å²) in [6.45, 7) is 2.70. The number of likely N-dealkylation sites (N-methyl/N-ethyl adjacent to an activating group) is 1. The van der Waals surface area contributed by atoms with E-state index in [1.165, 1.54) is 4.90 Å². The lowest BCUT2D eigenvalue weighted by molar-refractivity contribution is -0.127. The summed E-state index contributed by atoms with van der Waals surface area (Å²) in [6.07, 6.45) is 0. The van der Waals surface area contributed by atoms with E-state index in [9.17, 15) is 13.2 Å². The van der Waals surface area contributed by atoms with Crippen LogP contribution in [0.3, 0.4) is 0 Å². The minimum Gasteiger partial charge on any atom is -0.357 e. The fraction of sp³-hybridized carbons (Fsp3) is 0.467. The monoisotopic (exact) mass is 546 g/mol. The Labute approximate surface area is 174 Å². The Hall–Kier alpha value is -0.880. The summed E-state index contributed by atoms with van der Waals surface area (Å²) in [4.78, 5) is 17.4. The predicted octanol–water partition coefficient (Wildman–Crippen LogP) is 1.48. The number of nitrogens with one attached hydrogen (secondary N) is 2. The van der Waals surface area contributed by atoms with Crippen LogP contribution >= 0.6 is 39.9 Å². The van der Waals surface area contributed by atoms with Gasteiger partial charge in [0.05, 0.1) is 10.6 Å². The molecule has 0 atom stereocenters. The van der Waals surface area contributed by atoms with Crippen LogP contribution in [0.1, 0.15) is 6.92 Å². The smallest absolute Gasteiger partial charge is 0.243 e. The second-order valence-corrected chi connectivity index (χ2v) is 8.21. The molecule has 7 nitrogen and oxygen atoms in total. The van der Waals surface area contributed by atoms with Crippen LogP contribution in [0.25, 0.3) is 0 Å². The molecule has 1 amide bonds. The van der Waals surface area contributed by atoms with Gasteiger partial charge in [-0.1, -0.05) is 15.9 Å². The number of guanidine groups is 1. The van der Waals surface area contributed by atoms with Gasteiger partial charge in [0.1, 0.15) is 6.54 Å². The highest BCUT2D eigenvalue weighted by Gasteiger charge is 2.14. The first-order valence-corrected chi connectivity index (χ1v) is 9.91. The molecule has 25 heavy (non-hydrogen) atoms. The fourth-order valence-corrected chi connectivity index (χ4v) is 3.12. The zero-order chi connectivity index (χ0) is 18.2. The van der Waals surface area contributed by atoms with Crippen molar-refractivity contribution in [1.29, 1.82) is 0 Å². The molecule has 142 valence electrons.